The summed E-state index contributed by atoms with van der Waals surface area (Å²) in [6, 6.07) is -4.48. The smallest absolute Gasteiger partial charge is 0.325 e. The van der Waals surface area contributed by atoms with Gasteiger partial charge in [-0.15, -0.1) is 0 Å². The highest BCUT2D eigenvalue weighted by atomic mass is 32.1. The van der Waals surface area contributed by atoms with Crippen LogP contribution < -0.4 is 21.7 Å². The average molecular weight is 420 g/mol. The first-order valence-corrected chi connectivity index (χ1v) is 9.26. The summed E-state index contributed by atoms with van der Waals surface area (Å²) in [5, 5.41) is 24.8. The van der Waals surface area contributed by atoms with Crippen molar-refractivity contribution in [2.24, 2.45) is 11.7 Å². The number of nitrogens with one attached hydrogen (secondary N) is 3. The molecule has 4 unspecified atom stereocenters. The van der Waals surface area contributed by atoms with Crippen molar-refractivity contribution in [2.75, 3.05) is 5.75 Å². The molecule has 0 aliphatic carbocycles. The van der Waals surface area contributed by atoms with Gasteiger partial charge in [0.15, 0.2) is 0 Å². The normalized spacial score (nSPS) is 15.1. The van der Waals surface area contributed by atoms with E-state index in [4.69, 9.17) is 15.9 Å². The largest absolute Gasteiger partial charge is 0.481 e. The quantitative estimate of drug-likeness (QED) is 0.182. The Balaban J connectivity index is 5.28. The number of carboxylic acids is 2. The van der Waals surface area contributed by atoms with E-state index < -0.39 is 66.2 Å². The van der Waals surface area contributed by atoms with Crippen molar-refractivity contribution < 1.29 is 34.2 Å². The molecule has 0 aromatic rings. The van der Waals surface area contributed by atoms with Crippen LogP contribution in [0.2, 0.25) is 0 Å². The van der Waals surface area contributed by atoms with E-state index in [1.807, 2.05) is 0 Å². The number of carbonyl (C=O) groups excluding carboxylic acids is 3. The van der Waals surface area contributed by atoms with Gasteiger partial charge in [0.05, 0.1) is 6.04 Å². The summed E-state index contributed by atoms with van der Waals surface area (Å²) in [5.74, 6) is -4.98. The number of aliphatic carboxylic acids is 2. The van der Waals surface area contributed by atoms with E-state index in [9.17, 15) is 24.0 Å². The second kappa shape index (κ2) is 12.2. The zero-order valence-electron chi connectivity index (χ0n) is 16.0. The first kappa shape index (κ1) is 25.7. The van der Waals surface area contributed by atoms with Gasteiger partial charge in [0.2, 0.25) is 17.7 Å². The number of rotatable bonds is 12. The van der Waals surface area contributed by atoms with E-state index >= 15 is 0 Å². The lowest BCUT2D eigenvalue weighted by Gasteiger charge is -2.26. The molecule has 28 heavy (non-hydrogen) atoms. The molecule has 7 N–H and O–H groups in total. The summed E-state index contributed by atoms with van der Waals surface area (Å²) in [5.41, 5.74) is 5.55. The fourth-order valence-corrected chi connectivity index (χ4v) is 2.22. The number of carboxylic acid groups (broad SMARTS) is 2. The van der Waals surface area contributed by atoms with Gasteiger partial charge >= 0.3 is 11.9 Å². The molecule has 12 heteroatoms. The zero-order valence-corrected chi connectivity index (χ0v) is 16.9. The molecule has 0 aliphatic heterocycles. The monoisotopic (exact) mass is 420 g/mol. The maximum absolute atomic E-state index is 12.6. The average Bonchev–Trinajstić information content (AvgIpc) is 2.60. The summed E-state index contributed by atoms with van der Waals surface area (Å²) in [7, 11) is 0. The van der Waals surface area contributed by atoms with Gasteiger partial charge in [-0.1, -0.05) is 13.8 Å². The molecular formula is C16H28N4O7S. The van der Waals surface area contributed by atoms with Crippen molar-refractivity contribution in [1.29, 1.82) is 0 Å². The van der Waals surface area contributed by atoms with Gasteiger partial charge in [0, 0.05) is 12.2 Å². The third-order valence-corrected chi connectivity index (χ3v) is 4.18. The van der Waals surface area contributed by atoms with Crippen molar-refractivity contribution in [3.63, 3.8) is 0 Å². The minimum absolute atomic E-state index is 0.0171. The predicted molar refractivity (Wildman–Crippen MR) is 103 cm³/mol. The van der Waals surface area contributed by atoms with E-state index in [0.29, 0.717) is 0 Å². The highest BCUT2D eigenvalue weighted by Gasteiger charge is 2.31. The van der Waals surface area contributed by atoms with Gasteiger partial charge in [-0.2, -0.15) is 12.6 Å². The first-order valence-electron chi connectivity index (χ1n) is 8.62. The summed E-state index contributed by atoms with van der Waals surface area (Å²) in [4.78, 5) is 58.5. The van der Waals surface area contributed by atoms with Gasteiger partial charge in [0.1, 0.15) is 18.1 Å². The van der Waals surface area contributed by atoms with Crippen LogP contribution in [0, 0.1) is 5.92 Å². The molecule has 0 spiro atoms. The third kappa shape index (κ3) is 9.04. The van der Waals surface area contributed by atoms with Crippen LogP contribution >= 0.6 is 12.6 Å². The van der Waals surface area contributed by atoms with E-state index in [1.165, 1.54) is 6.92 Å². The summed E-state index contributed by atoms with van der Waals surface area (Å²) in [6.07, 6.45) is -0.618. The van der Waals surface area contributed by atoms with Gasteiger partial charge in [0.25, 0.3) is 0 Å². The number of amides is 3. The van der Waals surface area contributed by atoms with Crippen LogP contribution in [0.4, 0.5) is 0 Å². The number of hydrogen-bond acceptors (Lipinski definition) is 7. The fourth-order valence-electron chi connectivity index (χ4n) is 2.05. The van der Waals surface area contributed by atoms with Crippen molar-refractivity contribution in [3.8, 4) is 0 Å². The van der Waals surface area contributed by atoms with Gasteiger partial charge in [-0.3, -0.25) is 24.0 Å². The molecule has 3 amide bonds. The molecule has 0 rings (SSSR count). The molecule has 0 aliphatic rings. The number of nitrogens with two attached hydrogens (primary N) is 1. The summed E-state index contributed by atoms with van der Waals surface area (Å²) in [6.45, 7) is 4.55. The van der Waals surface area contributed by atoms with Crippen LogP contribution in [0.1, 0.15) is 33.6 Å². The molecular weight excluding hydrogens is 392 g/mol. The van der Waals surface area contributed by atoms with E-state index in [2.05, 4.69) is 28.6 Å². The lowest BCUT2D eigenvalue weighted by atomic mass is 10.0. The third-order valence-electron chi connectivity index (χ3n) is 3.79. The summed E-state index contributed by atoms with van der Waals surface area (Å²) < 4.78 is 0. The van der Waals surface area contributed by atoms with Crippen LogP contribution in [-0.4, -0.2) is 69.8 Å². The molecule has 0 heterocycles. The molecule has 0 aromatic heterocycles. The van der Waals surface area contributed by atoms with E-state index in [0.717, 1.165) is 0 Å². The lowest BCUT2D eigenvalue weighted by molar-refractivity contribution is -0.142. The Morgan fingerprint density at radius 2 is 1.50 bits per heavy atom. The summed E-state index contributed by atoms with van der Waals surface area (Å²) >= 11 is 3.89. The fraction of sp³-hybridized carbons (Fsp3) is 0.688. The number of thiol groups is 1. The Labute approximate surface area is 168 Å². The molecule has 0 saturated heterocycles. The molecule has 0 saturated carbocycles. The van der Waals surface area contributed by atoms with Crippen LogP contribution in [0.15, 0.2) is 0 Å². The second-order valence-corrected chi connectivity index (χ2v) is 6.95. The maximum Gasteiger partial charge on any atom is 0.325 e. The topological polar surface area (TPSA) is 188 Å². The Morgan fingerprint density at radius 3 is 1.93 bits per heavy atom. The van der Waals surface area contributed by atoms with Crippen LogP contribution in [0.5, 0.6) is 0 Å². The van der Waals surface area contributed by atoms with E-state index in [-0.39, 0.29) is 12.2 Å². The molecule has 4 atom stereocenters. The lowest BCUT2D eigenvalue weighted by Crippen LogP contribution is -2.58. The SMILES string of the molecule is CC(NC(=O)C(NC(=O)C(CCC(=O)O)NC(=O)C(N)CS)C(C)C)C(=O)O. The Morgan fingerprint density at radius 1 is 0.929 bits per heavy atom. The highest BCUT2D eigenvalue weighted by molar-refractivity contribution is 7.80. The molecule has 0 fully saturated rings. The Hall–Kier alpha value is -2.34. The van der Waals surface area contributed by atoms with Crippen molar-refractivity contribution in [3.05, 3.63) is 0 Å². The Bertz CT molecular complexity index is 600. The van der Waals surface area contributed by atoms with Gasteiger partial charge in [-0.25, -0.2) is 0 Å². The molecule has 0 bridgehead atoms. The predicted octanol–water partition coefficient (Wildman–Crippen LogP) is -1.68. The van der Waals surface area contributed by atoms with Gasteiger partial charge < -0.3 is 31.9 Å². The van der Waals surface area contributed by atoms with Gasteiger partial charge in [-0.05, 0) is 19.3 Å². The molecule has 0 aromatic carbocycles. The van der Waals surface area contributed by atoms with Crippen LogP contribution in [0.25, 0.3) is 0 Å². The minimum atomic E-state index is -1.24. The Kier molecular flexibility index (Phi) is 11.2. The standard InChI is InChI=1S/C16H28N4O7S/c1-7(2)12(15(25)18-8(3)16(26)27)20-14(24)10(4-5-11(21)22)19-13(23)9(17)6-28/h7-10,12,28H,4-6,17H2,1-3H3,(H,18,25)(H,19,23)(H,20,24)(H,21,22)(H,26,27). The van der Waals surface area contributed by atoms with E-state index in [1.54, 1.807) is 13.8 Å². The van der Waals surface area contributed by atoms with Crippen molar-refractivity contribution in [2.45, 2.75) is 57.8 Å². The zero-order chi connectivity index (χ0) is 22.0. The van der Waals surface area contributed by atoms with Crippen molar-refractivity contribution in [1.82, 2.24) is 16.0 Å². The second-order valence-electron chi connectivity index (χ2n) is 6.58. The first-order chi connectivity index (χ1) is 12.9. The van der Waals surface area contributed by atoms with Crippen molar-refractivity contribution >= 4 is 42.3 Å². The molecule has 11 nitrogen and oxygen atoms in total. The highest BCUT2D eigenvalue weighted by Crippen LogP contribution is 2.06. The number of hydrogen-bond donors (Lipinski definition) is 7. The number of carbonyl (C=O) groups is 5. The van der Waals surface area contributed by atoms with Crippen LogP contribution in [-0.2, 0) is 24.0 Å². The minimum Gasteiger partial charge on any atom is -0.481 e. The molecule has 160 valence electrons. The maximum atomic E-state index is 12.6. The molecule has 0 radical (unpaired) electrons. The van der Waals surface area contributed by atoms with Crippen LogP contribution in [0.3, 0.4) is 0 Å².